The van der Waals surface area contributed by atoms with Crippen LogP contribution in [0.2, 0.25) is 0 Å². The third-order valence-corrected chi connectivity index (χ3v) is 4.58. The molecule has 2 aromatic carbocycles. The van der Waals surface area contributed by atoms with Crippen molar-refractivity contribution in [1.29, 1.82) is 0 Å². The van der Waals surface area contributed by atoms with Crippen molar-refractivity contribution in [3.8, 4) is 5.75 Å². The van der Waals surface area contributed by atoms with Gasteiger partial charge in [0.25, 0.3) is 0 Å². The third kappa shape index (κ3) is 3.30. The molecule has 0 saturated heterocycles. The van der Waals surface area contributed by atoms with Gasteiger partial charge in [0, 0.05) is 14.5 Å². The third-order valence-electron chi connectivity index (χ3n) is 3.07. The predicted molar refractivity (Wildman–Crippen MR) is 92.0 cm³/mol. The summed E-state index contributed by atoms with van der Waals surface area (Å²) in [4.78, 5) is 12.8. The lowest BCUT2D eigenvalue weighted by molar-refractivity contribution is 0.103. The number of aryl methyl sites for hydroxylation is 1. The Morgan fingerprint density at radius 1 is 1.19 bits per heavy atom. The molecule has 0 saturated carbocycles. The summed E-state index contributed by atoms with van der Waals surface area (Å²) in [7, 11) is 0. The molecule has 0 spiro atoms. The number of hydrogen-bond donors (Lipinski definition) is 1. The van der Waals surface area contributed by atoms with Gasteiger partial charge in [-0.2, -0.15) is 0 Å². The molecule has 0 aromatic heterocycles. The fourth-order valence-electron chi connectivity index (χ4n) is 2.00. The number of ketones is 1. The van der Waals surface area contributed by atoms with E-state index in [4.69, 9.17) is 10.5 Å². The van der Waals surface area contributed by atoms with Gasteiger partial charge in [-0.3, -0.25) is 4.79 Å². The molecule has 110 valence electrons. The summed E-state index contributed by atoms with van der Waals surface area (Å²) < 4.78 is 7.16. The maximum Gasteiger partial charge on any atom is 0.198 e. The monoisotopic (exact) mass is 411 g/mol. The molecular weight excluding hydrogens is 398 g/mol. The van der Waals surface area contributed by atoms with E-state index in [-0.39, 0.29) is 5.78 Å². The van der Waals surface area contributed by atoms with Gasteiger partial charge in [0.1, 0.15) is 0 Å². The lowest BCUT2D eigenvalue weighted by Crippen LogP contribution is -2.08. The zero-order chi connectivity index (χ0) is 15.6. The number of nitrogens with two attached hydrogens (primary N) is 1. The lowest BCUT2D eigenvalue weighted by atomic mass is 10.0. The number of carbonyl (C=O) groups is 1. The average molecular weight is 413 g/mol. The molecular formula is C16H15Br2NO2. The summed E-state index contributed by atoms with van der Waals surface area (Å²) in [5, 5.41) is 0. The van der Waals surface area contributed by atoms with Crippen LogP contribution in [0.25, 0.3) is 0 Å². The standard InChI is InChI=1S/C16H15Br2NO2/c1-3-21-16-10(5-4-6-14(16)19)15(20)11-8-12(17)9(2)7-13(11)18/h4-8H,3,19H2,1-2H3. The number of anilines is 1. The molecule has 2 aromatic rings. The number of hydrogen-bond acceptors (Lipinski definition) is 3. The van der Waals surface area contributed by atoms with Gasteiger partial charge in [-0.25, -0.2) is 0 Å². The molecule has 3 nitrogen and oxygen atoms in total. The topological polar surface area (TPSA) is 52.3 Å². The van der Waals surface area contributed by atoms with E-state index in [1.807, 2.05) is 19.9 Å². The van der Waals surface area contributed by atoms with E-state index >= 15 is 0 Å². The lowest BCUT2D eigenvalue weighted by Gasteiger charge is -2.13. The van der Waals surface area contributed by atoms with E-state index in [2.05, 4.69) is 31.9 Å². The first-order valence-electron chi connectivity index (χ1n) is 6.47. The number of para-hydroxylation sites is 1. The zero-order valence-electron chi connectivity index (χ0n) is 11.7. The van der Waals surface area contributed by atoms with Gasteiger partial charge in [-0.1, -0.05) is 37.9 Å². The summed E-state index contributed by atoms with van der Waals surface area (Å²) in [5.41, 5.74) is 8.47. The molecule has 0 radical (unpaired) electrons. The van der Waals surface area contributed by atoms with Crippen molar-refractivity contribution in [2.75, 3.05) is 12.3 Å². The maximum atomic E-state index is 12.8. The highest BCUT2D eigenvalue weighted by molar-refractivity contribution is 9.11. The Balaban J connectivity index is 2.55. The fourth-order valence-corrected chi connectivity index (χ4v) is 2.99. The first-order chi connectivity index (χ1) is 9.95. The van der Waals surface area contributed by atoms with Gasteiger partial charge in [-0.05, 0) is 43.7 Å². The quantitative estimate of drug-likeness (QED) is 0.583. The van der Waals surface area contributed by atoms with Crippen LogP contribution in [0.1, 0.15) is 28.4 Å². The zero-order valence-corrected chi connectivity index (χ0v) is 14.9. The summed E-state index contributed by atoms with van der Waals surface area (Å²) in [6.07, 6.45) is 0. The highest BCUT2D eigenvalue weighted by atomic mass is 79.9. The smallest absolute Gasteiger partial charge is 0.198 e. The second-order valence-electron chi connectivity index (χ2n) is 4.57. The summed E-state index contributed by atoms with van der Waals surface area (Å²) in [6, 6.07) is 8.92. The van der Waals surface area contributed by atoms with Crippen LogP contribution < -0.4 is 10.5 Å². The van der Waals surface area contributed by atoms with Gasteiger partial charge < -0.3 is 10.5 Å². The van der Waals surface area contributed by atoms with Gasteiger partial charge in [-0.15, -0.1) is 0 Å². The van der Waals surface area contributed by atoms with Crippen molar-refractivity contribution >= 4 is 43.3 Å². The van der Waals surface area contributed by atoms with Crippen molar-refractivity contribution in [2.24, 2.45) is 0 Å². The van der Waals surface area contributed by atoms with Crippen molar-refractivity contribution in [2.45, 2.75) is 13.8 Å². The van der Waals surface area contributed by atoms with Crippen molar-refractivity contribution in [3.05, 3.63) is 56.0 Å². The van der Waals surface area contributed by atoms with Crippen LogP contribution in [0.3, 0.4) is 0 Å². The first-order valence-corrected chi connectivity index (χ1v) is 8.06. The largest absolute Gasteiger partial charge is 0.491 e. The molecule has 2 N–H and O–H groups in total. The fraction of sp³-hybridized carbons (Fsp3) is 0.188. The number of nitrogen functional groups attached to an aromatic ring is 1. The van der Waals surface area contributed by atoms with Crippen LogP contribution in [-0.2, 0) is 0 Å². The highest BCUT2D eigenvalue weighted by Crippen LogP contribution is 2.32. The van der Waals surface area contributed by atoms with Crippen molar-refractivity contribution in [1.82, 2.24) is 0 Å². The van der Waals surface area contributed by atoms with Gasteiger partial charge in [0.2, 0.25) is 0 Å². The number of ether oxygens (including phenoxy) is 1. The van der Waals surface area contributed by atoms with Crippen LogP contribution >= 0.6 is 31.9 Å². The summed E-state index contributed by atoms with van der Waals surface area (Å²) in [5.74, 6) is 0.312. The van der Waals surface area contributed by atoms with Crippen molar-refractivity contribution in [3.63, 3.8) is 0 Å². The minimum atomic E-state index is -0.127. The maximum absolute atomic E-state index is 12.8. The Bertz CT molecular complexity index is 699. The molecule has 0 aliphatic carbocycles. The van der Waals surface area contributed by atoms with E-state index in [1.165, 1.54) is 0 Å². The predicted octanol–water partition coefficient (Wildman–Crippen LogP) is 4.73. The van der Waals surface area contributed by atoms with E-state index in [1.54, 1.807) is 24.3 Å². The molecule has 0 bridgehead atoms. The van der Waals surface area contributed by atoms with Gasteiger partial charge >= 0.3 is 0 Å². The second-order valence-corrected chi connectivity index (χ2v) is 6.28. The first kappa shape index (κ1) is 16.0. The molecule has 2 rings (SSSR count). The van der Waals surface area contributed by atoms with E-state index in [0.29, 0.717) is 29.2 Å². The molecule has 0 atom stereocenters. The summed E-state index contributed by atoms with van der Waals surface area (Å²) >= 11 is 6.90. The summed E-state index contributed by atoms with van der Waals surface area (Å²) in [6.45, 7) is 4.28. The van der Waals surface area contributed by atoms with E-state index < -0.39 is 0 Å². The molecule has 5 heteroatoms. The molecule has 0 amide bonds. The van der Waals surface area contributed by atoms with Crippen molar-refractivity contribution < 1.29 is 9.53 Å². The SMILES string of the molecule is CCOc1c(N)cccc1C(=O)c1cc(Br)c(C)cc1Br. The molecule has 0 heterocycles. The molecule has 0 aliphatic heterocycles. The Morgan fingerprint density at radius 3 is 2.57 bits per heavy atom. The number of halogens is 2. The Morgan fingerprint density at radius 2 is 1.90 bits per heavy atom. The normalized spacial score (nSPS) is 10.5. The Labute approximate surface area is 140 Å². The Kier molecular flexibility index (Phi) is 5.06. The number of benzene rings is 2. The number of carbonyl (C=O) groups excluding carboxylic acids is 1. The molecule has 21 heavy (non-hydrogen) atoms. The van der Waals surface area contributed by atoms with Crippen LogP contribution in [-0.4, -0.2) is 12.4 Å². The Hall–Kier alpha value is -1.33. The number of rotatable bonds is 4. The molecule has 0 aliphatic rings. The second kappa shape index (κ2) is 6.62. The highest BCUT2D eigenvalue weighted by Gasteiger charge is 2.19. The van der Waals surface area contributed by atoms with E-state index in [0.717, 1.165) is 14.5 Å². The molecule has 0 unspecified atom stereocenters. The molecule has 0 fully saturated rings. The van der Waals surface area contributed by atoms with Crippen LogP contribution in [0.15, 0.2) is 39.3 Å². The van der Waals surface area contributed by atoms with Crippen LogP contribution in [0.4, 0.5) is 5.69 Å². The minimum absolute atomic E-state index is 0.127. The van der Waals surface area contributed by atoms with Gasteiger partial charge in [0.05, 0.1) is 17.9 Å². The minimum Gasteiger partial charge on any atom is -0.491 e. The van der Waals surface area contributed by atoms with Crippen LogP contribution in [0.5, 0.6) is 5.75 Å². The average Bonchev–Trinajstić information content (AvgIpc) is 2.44. The van der Waals surface area contributed by atoms with E-state index in [9.17, 15) is 4.79 Å². The van der Waals surface area contributed by atoms with Gasteiger partial charge in [0.15, 0.2) is 11.5 Å². The van der Waals surface area contributed by atoms with Crippen LogP contribution in [0, 0.1) is 6.92 Å².